The average molecular weight is 452 g/mol. The molecule has 0 bridgehead atoms. The fraction of sp³-hybridized carbons (Fsp3) is 0.308. The minimum absolute atomic E-state index is 0.0294. The molecule has 2 aromatic carbocycles. The van der Waals surface area contributed by atoms with Crippen molar-refractivity contribution in [3.05, 3.63) is 59.9 Å². The fourth-order valence-corrected chi connectivity index (χ4v) is 3.53. The summed E-state index contributed by atoms with van der Waals surface area (Å²) < 4.78 is 21.5. The van der Waals surface area contributed by atoms with Gasteiger partial charge in [0, 0.05) is 11.1 Å². The Morgan fingerprint density at radius 1 is 0.636 bits per heavy atom. The highest BCUT2D eigenvalue weighted by atomic mass is 16.5. The van der Waals surface area contributed by atoms with Crippen LogP contribution in [0.1, 0.15) is 48.7 Å². The van der Waals surface area contributed by atoms with E-state index in [-0.39, 0.29) is 23.6 Å². The standard InChI is InChI=1S/C26H29NO6/c1-15(2)32-19-11-7-17(8-12-19)21-22(18-9-13-20(14-10-18)33-16(3)4)24(26(29)31-6)27-23(21)25(28)30-5/h7-16,27H,1-6H3. The van der Waals surface area contributed by atoms with Crippen LogP contribution in [0.5, 0.6) is 11.5 Å². The van der Waals surface area contributed by atoms with Crippen LogP contribution in [-0.2, 0) is 9.47 Å². The van der Waals surface area contributed by atoms with Crippen LogP contribution in [0.15, 0.2) is 48.5 Å². The maximum atomic E-state index is 12.7. The van der Waals surface area contributed by atoms with Gasteiger partial charge in [-0.05, 0) is 63.1 Å². The van der Waals surface area contributed by atoms with Crippen molar-refractivity contribution in [2.45, 2.75) is 39.9 Å². The molecule has 1 N–H and O–H groups in total. The number of carbonyl (C=O) groups excluding carboxylic acids is 2. The van der Waals surface area contributed by atoms with Gasteiger partial charge in [0.1, 0.15) is 22.9 Å². The van der Waals surface area contributed by atoms with Crippen LogP contribution in [0.3, 0.4) is 0 Å². The molecule has 174 valence electrons. The maximum absolute atomic E-state index is 12.7. The van der Waals surface area contributed by atoms with Gasteiger partial charge in [0.2, 0.25) is 0 Å². The van der Waals surface area contributed by atoms with E-state index in [9.17, 15) is 9.59 Å². The smallest absolute Gasteiger partial charge is 0.355 e. The lowest BCUT2D eigenvalue weighted by Gasteiger charge is -2.13. The lowest BCUT2D eigenvalue weighted by atomic mass is 9.94. The zero-order valence-electron chi connectivity index (χ0n) is 19.7. The summed E-state index contributed by atoms with van der Waals surface area (Å²) in [7, 11) is 2.59. The third-order valence-corrected chi connectivity index (χ3v) is 4.81. The van der Waals surface area contributed by atoms with Crippen LogP contribution in [0.25, 0.3) is 22.3 Å². The van der Waals surface area contributed by atoms with Crippen LogP contribution >= 0.6 is 0 Å². The van der Waals surface area contributed by atoms with Gasteiger partial charge in [-0.1, -0.05) is 24.3 Å². The number of carbonyl (C=O) groups is 2. The van der Waals surface area contributed by atoms with E-state index in [2.05, 4.69) is 4.98 Å². The molecule has 1 heterocycles. The highest BCUT2D eigenvalue weighted by molar-refractivity contribution is 6.08. The quantitative estimate of drug-likeness (QED) is 0.455. The molecule has 0 unspecified atom stereocenters. The minimum Gasteiger partial charge on any atom is -0.491 e. The molecule has 33 heavy (non-hydrogen) atoms. The van der Waals surface area contributed by atoms with Gasteiger partial charge in [-0.15, -0.1) is 0 Å². The summed E-state index contributed by atoms with van der Waals surface area (Å²) in [6.45, 7) is 7.79. The zero-order chi connectivity index (χ0) is 24.1. The number of benzene rings is 2. The molecular weight excluding hydrogens is 422 g/mol. The molecule has 0 saturated carbocycles. The van der Waals surface area contributed by atoms with E-state index < -0.39 is 11.9 Å². The number of H-pyrrole nitrogens is 1. The summed E-state index contributed by atoms with van der Waals surface area (Å²) in [5.74, 6) is 0.218. The van der Waals surface area contributed by atoms with Crippen LogP contribution in [0.2, 0.25) is 0 Å². The number of aromatic nitrogens is 1. The molecule has 0 fully saturated rings. The van der Waals surface area contributed by atoms with Gasteiger partial charge < -0.3 is 23.9 Å². The summed E-state index contributed by atoms with van der Waals surface area (Å²) in [4.78, 5) is 28.2. The van der Waals surface area contributed by atoms with E-state index >= 15 is 0 Å². The first kappa shape index (κ1) is 23.9. The zero-order valence-corrected chi connectivity index (χ0v) is 19.7. The molecule has 3 rings (SSSR count). The van der Waals surface area contributed by atoms with Crippen LogP contribution in [0.4, 0.5) is 0 Å². The normalized spacial score (nSPS) is 10.9. The second-order valence-corrected chi connectivity index (χ2v) is 7.99. The van der Waals surface area contributed by atoms with Crippen LogP contribution < -0.4 is 9.47 Å². The van der Waals surface area contributed by atoms with Gasteiger partial charge in [-0.25, -0.2) is 9.59 Å². The molecule has 0 spiro atoms. The lowest BCUT2D eigenvalue weighted by Crippen LogP contribution is -2.06. The van der Waals surface area contributed by atoms with Crippen molar-refractivity contribution in [3.63, 3.8) is 0 Å². The lowest BCUT2D eigenvalue weighted by molar-refractivity contribution is 0.0591. The molecule has 1 aromatic heterocycles. The number of hydrogen-bond donors (Lipinski definition) is 1. The number of methoxy groups -OCH3 is 2. The second kappa shape index (κ2) is 10.3. The second-order valence-electron chi connectivity index (χ2n) is 7.99. The van der Waals surface area contributed by atoms with E-state index in [1.54, 1.807) is 0 Å². The Kier molecular flexibility index (Phi) is 7.43. The van der Waals surface area contributed by atoms with E-state index in [1.165, 1.54) is 14.2 Å². The Bertz CT molecular complexity index is 1020. The highest BCUT2D eigenvalue weighted by Gasteiger charge is 2.28. The molecular formula is C26H29NO6. The van der Waals surface area contributed by atoms with Crippen molar-refractivity contribution in [3.8, 4) is 33.8 Å². The molecule has 0 saturated heterocycles. The Morgan fingerprint density at radius 2 is 0.970 bits per heavy atom. The average Bonchev–Trinajstić information content (AvgIpc) is 3.19. The van der Waals surface area contributed by atoms with Gasteiger partial charge in [0.25, 0.3) is 0 Å². The molecule has 3 aromatic rings. The molecule has 0 aliphatic heterocycles. The highest BCUT2D eigenvalue weighted by Crippen LogP contribution is 2.40. The first-order valence-corrected chi connectivity index (χ1v) is 10.7. The van der Waals surface area contributed by atoms with Gasteiger partial charge in [0.15, 0.2) is 0 Å². The molecule has 0 aliphatic carbocycles. The summed E-state index contributed by atoms with van der Waals surface area (Å²) in [6.07, 6.45) is 0.0589. The molecule has 7 nitrogen and oxygen atoms in total. The third kappa shape index (κ3) is 5.37. The van der Waals surface area contributed by atoms with Crippen LogP contribution in [-0.4, -0.2) is 43.4 Å². The van der Waals surface area contributed by atoms with E-state index in [1.807, 2.05) is 76.2 Å². The summed E-state index contributed by atoms with van der Waals surface area (Å²) in [5, 5.41) is 0. The Morgan fingerprint density at radius 3 is 1.24 bits per heavy atom. The molecule has 0 amide bonds. The van der Waals surface area contributed by atoms with Crippen molar-refractivity contribution >= 4 is 11.9 Å². The summed E-state index contributed by atoms with van der Waals surface area (Å²) in [5.41, 5.74) is 2.83. The Balaban J connectivity index is 2.22. The first-order chi connectivity index (χ1) is 15.7. The fourth-order valence-electron chi connectivity index (χ4n) is 3.53. The Hall–Kier alpha value is -3.74. The van der Waals surface area contributed by atoms with Gasteiger partial charge in [-0.2, -0.15) is 0 Å². The van der Waals surface area contributed by atoms with Crippen LogP contribution in [0, 0.1) is 0 Å². The number of aromatic amines is 1. The summed E-state index contributed by atoms with van der Waals surface area (Å²) >= 11 is 0. The number of esters is 2. The molecule has 0 radical (unpaired) electrons. The van der Waals surface area contributed by atoms with Crippen molar-refractivity contribution in [2.75, 3.05) is 14.2 Å². The summed E-state index contributed by atoms with van der Waals surface area (Å²) in [6, 6.07) is 14.7. The molecule has 7 heteroatoms. The van der Waals surface area contributed by atoms with Crippen molar-refractivity contribution in [2.24, 2.45) is 0 Å². The van der Waals surface area contributed by atoms with Gasteiger partial charge in [0.05, 0.1) is 26.4 Å². The number of rotatable bonds is 8. The van der Waals surface area contributed by atoms with Gasteiger partial charge in [-0.3, -0.25) is 0 Å². The largest absolute Gasteiger partial charge is 0.491 e. The monoisotopic (exact) mass is 451 g/mol. The SMILES string of the molecule is COC(=O)c1[nH]c(C(=O)OC)c(-c2ccc(OC(C)C)cc2)c1-c1ccc(OC(C)C)cc1. The topological polar surface area (TPSA) is 86.9 Å². The molecule has 0 atom stereocenters. The predicted octanol–water partition coefficient (Wildman–Crippen LogP) is 5.50. The van der Waals surface area contributed by atoms with Crippen molar-refractivity contribution in [1.29, 1.82) is 0 Å². The number of ether oxygens (including phenoxy) is 4. The predicted molar refractivity (Wildman–Crippen MR) is 126 cm³/mol. The Labute approximate surface area is 193 Å². The van der Waals surface area contributed by atoms with Crippen molar-refractivity contribution in [1.82, 2.24) is 4.98 Å². The third-order valence-electron chi connectivity index (χ3n) is 4.81. The number of nitrogens with one attached hydrogen (secondary N) is 1. The minimum atomic E-state index is -0.594. The molecule has 0 aliphatic rings. The van der Waals surface area contributed by atoms with E-state index in [0.29, 0.717) is 22.6 Å². The van der Waals surface area contributed by atoms with Crippen molar-refractivity contribution < 1.29 is 28.5 Å². The van der Waals surface area contributed by atoms with E-state index in [4.69, 9.17) is 18.9 Å². The maximum Gasteiger partial charge on any atom is 0.355 e. The van der Waals surface area contributed by atoms with Gasteiger partial charge >= 0.3 is 11.9 Å². The number of hydrogen-bond acceptors (Lipinski definition) is 6. The van der Waals surface area contributed by atoms with E-state index in [0.717, 1.165) is 11.1 Å². The first-order valence-electron chi connectivity index (χ1n) is 10.7.